The zero-order valence-electron chi connectivity index (χ0n) is 6.68. The smallest absolute Gasteiger partial charge is 0.264 e. The highest BCUT2D eigenvalue weighted by molar-refractivity contribution is 7.85. The second-order valence-electron chi connectivity index (χ2n) is 2.70. The van der Waals surface area contributed by atoms with Gasteiger partial charge in [0.2, 0.25) is 0 Å². The second kappa shape index (κ2) is 3.86. The molecule has 0 amide bonds. The van der Waals surface area contributed by atoms with Crippen LogP contribution in [0.3, 0.4) is 0 Å². The van der Waals surface area contributed by atoms with Crippen molar-refractivity contribution < 1.29 is 13.0 Å². The molecule has 0 radical (unpaired) electrons. The summed E-state index contributed by atoms with van der Waals surface area (Å²) in [5.41, 5.74) is 0. The van der Waals surface area contributed by atoms with E-state index >= 15 is 0 Å². The molecule has 1 rings (SSSR count). The number of nitrogens with zero attached hydrogens (tertiary/aromatic N) is 2. The molecule has 0 bridgehead atoms. The number of hydrogen-bond acceptors (Lipinski definition) is 4. The van der Waals surface area contributed by atoms with E-state index in [4.69, 9.17) is 4.55 Å². The van der Waals surface area contributed by atoms with E-state index in [0.717, 1.165) is 13.1 Å². The Morgan fingerprint density at radius 2 is 2.33 bits per heavy atom. The molecule has 0 unspecified atom stereocenters. The summed E-state index contributed by atoms with van der Waals surface area (Å²) in [6.45, 7) is 2.28. The van der Waals surface area contributed by atoms with Crippen LogP contribution in [-0.2, 0) is 10.1 Å². The molecule has 0 saturated carbocycles. The van der Waals surface area contributed by atoms with Crippen molar-refractivity contribution in [2.24, 2.45) is 4.99 Å². The lowest BCUT2D eigenvalue weighted by atomic mass is 10.4. The van der Waals surface area contributed by atoms with E-state index in [1.54, 1.807) is 6.34 Å². The predicted octanol–water partition coefficient (Wildman–Crippen LogP) is -0.392. The van der Waals surface area contributed by atoms with Crippen molar-refractivity contribution in [1.29, 1.82) is 0 Å². The SMILES string of the molecule is O=S(=O)(O)CCCN1C=NCC1. The van der Waals surface area contributed by atoms with Crippen LogP contribution >= 0.6 is 0 Å². The minimum Gasteiger partial charge on any atom is -0.361 e. The summed E-state index contributed by atoms with van der Waals surface area (Å²) >= 11 is 0. The van der Waals surface area contributed by atoms with Gasteiger partial charge in [0.1, 0.15) is 0 Å². The summed E-state index contributed by atoms with van der Waals surface area (Å²) in [6.07, 6.45) is 2.16. The standard InChI is InChI=1S/C6H12N2O3S/c9-12(10,11)5-1-3-8-4-2-7-6-8/h6H,1-5H2,(H,9,10,11). The maximum absolute atomic E-state index is 10.3. The fourth-order valence-corrected chi connectivity index (χ4v) is 1.53. The summed E-state index contributed by atoms with van der Waals surface area (Å²) in [5, 5.41) is 0. The molecule has 0 atom stereocenters. The number of hydrogen-bond donors (Lipinski definition) is 1. The van der Waals surface area contributed by atoms with Crippen LogP contribution in [0, 0.1) is 0 Å². The molecule has 5 nitrogen and oxygen atoms in total. The highest BCUT2D eigenvalue weighted by atomic mass is 32.2. The van der Waals surface area contributed by atoms with Gasteiger partial charge >= 0.3 is 0 Å². The first-order valence-corrected chi connectivity index (χ1v) is 5.38. The molecule has 1 N–H and O–H groups in total. The maximum atomic E-state index is 10.3. The molecule has 0 saturated heterocycles. The Balaban J connectivity index is 2.14. The van der Waals surface area contributed by atoms with Crippen LogP contribution in [0.1, 0.15) is 6.42 Å². The normalized spacial score (nSPS) is 17.2. The quantitative estimate of drug-likeness (QED) is 0.616. The van der Waals surface area contributed by atoms with Gasteiger partial charge in [-0.25, -0.2) is 0 Å². The fourth-order valence-electron chi connectivity index (χ4n) is 1.04. The molecule has 0 aliphatic carbocycles. The number of rotatable bonds is 4. The second-order valence-corrected chi connectivity index (χ2v) is 4.27. The monoisotopic (exact) mass is 192 g/mol. The van der Waals surface area contributed by atoms with E-state index in [1.807, 2.05) is 4.90 Å². The van der Waals surface area contributed by atoms with Gasteiger partial charge in [0.05, 0.1) is 18.6 Å². The zero-order chi connectivity index (χ0) is 9.03. The Bertz CT molecular complexity index is 260. The third-order valence-corrected chi connectivity index (χ3v) is 2.41. The fraction of sp³-hybridized carbons (Fsp3) is 0.833. The van der Waals surface area contributed by atoms with Gasteiger partial charge in [0, 0.05) is 13.1 Å². The van der Waals surface area contributed by atoms with E-state index in [0.29, 0.717) is 13.0 Å². The molecule has 0 aromatic heterocycles. The lowest BCUT2D eigenvalue weighted by Crippen LogP contribution is -2.22. The van der Waals surface area contributed by atoms with E-state index in [9.17, 15) is 8.42 Å². The van der Waals surface area contributed by atoms with Crippen molar-refractivity contribution >= 4 is 16.5 Å². The van der Waals surface area contributed by atoms with E-state index in [-0.39, 0.29) is 5.75 Å². The third kappa shape index (κ3) is 3.68. The average molecular weight is 192 g/mol. The zero-order valence-corrected chi connectivity index (χ0v) is 7.50. The molecule has 0 aromatic carbocycles. The van der Waals surface area contributed by atoms with Crippen LogP contribution in [0.4, 0.5) is 0 Å². The minimum absolute atomic E-state index is 0.169. The van der Waals surface area contributed by atoms with Crippen molar-refractivity contribution in [1.82, 2.24) is 4.90 Å². The van der Waals surface area contributed by atoms with Crippen LogP contribution in [0.25, 0.3) is 0 Å². The van der Waals surface area contributed by atoms with Gasteiger partial charge in [-0.3, -0.25) is 9.55 Å². The molecular weight excluding hydrogens is 180 g/mol. The van der Waals surface area contributed by atoms with E-state index in [1.165, 1.54) is 0 Å². The van der Waals surface area contributed by atoms with Crippen molar-refractivity contribution in [3.05, 3.63) is 0 Å². The largest absolute Gasteiger partial charge is 0.361 e. The molecule has 0 aromatic rings. The van der Waals surface area contributed by atoms with Crippen molar-refractivity contribution in [2.45, 2.75) is 6.42 Å². The molecule has 1 aliphatic rings. The molecule has 70 valence electrons. The first-order valence-electron chi connectivity index (χ1n) is 3.77. The van der Waals surface area contributed by atoms with Gasteiger partial charge in [0.15, 0.2) is 0 Å². The first-order chi connectivity index (χ1) is 5.58. The Kier molecular flexibility index (Phi) is 3.05. The van der Waals surface area contributed by atoms with Crippen LogP contribution < -0.4 is 0 Å². The van der Waals surface area contributed by atoms with Crippen LogP contribution in [0.15, 0.2) is 4.99 Å². The maximum Gasteiger partial charge on any atom is 0.264 e. The molecule has 0 spiro atoms. The summed E-state index contributed by atoms with van der Waals surface area (Å²) < 4.78 is 29.0. The van der Waals surface area contributed by atoms with Gasteiger partial charge in [0.25, 0.3) is 10.1 Å². The minimum atomic E-state index is -3.79. The van der Waals surface area contributed by atoms with E-state index < -0.39 is 10.1 Å². The predicted molar refractivity (Wildman–Crippen MR) is 46.0 cm³/mol. The van der Waals surface area contributed by atoms with Crippen LogP contribution in [0.2, 0.25) is 0 Å². The van der Waals surface area contributed by atoms with Gasteiger partial charge in [-0.1, -0.05) is 0 Å². The average Bonchev–Trinajstić information content (AvgIpc) is 2.36. The van der Waals surface area contributed by atoms with Gasteiger partial charge in [-0.15, -0.1) is 0 Å². The lowest BCUT2D eigenvalue weighted by molar-refractivity contribution is 0.449. The molecule has 0 fully saturated rings. The molecule has 1 heterocycles. The summed E-state index contributed by atoms with van der Waals surface area (Å²) in [7, 11) is -3.79. The molecule has 12 heavy (non-hydrogen) atoms. The Morgan fingerprint density at radius 1 is 1.58 bits per heavy atom. The Morgan fingerprint density at radius 3 is 2.83 bits per heavy atom. The highest BCUT2D eigenvalue weighted by Gasteiger charge is 2.08. The Labute approximate surface area is 71.8 Å². The Hall–Kier alpha value is -0.620. The van der Waals surface area contributed by atoms with Crippen molar-refractivity contribution in [2.75, 3.05) is 25.4 Å². The number of aliphatic imine (C=N–C) groups is 1. The lowest BCUT2D eigenvalue weighted by Gasteiger charge is -2.11. The molecule has 6 heteroatoms. The highest BCUT2D eigenvalue weighted by Crippen LogP contribution is 1.96. The van der Waals surface area contributed by atoms with Crippen LogP contribution in [0.5, 0.6) is 0 Å². The van der Waals surface area contributed by atoms with Crippen molar-refractivity contribution in [3.8, 4) is 0 Å². The van der Waals surface area contributed by atoms with E-state index in [2.05, 4.69) is 4.99 Å². The summed E-state index contributed by atoms with van der Waals surface area (Å²) in [5.74, 6) is -0.169. The first kappa shape index (κ1) is 9.47. The van der Waals surface area contributed by atoms with Gasteiger partial charge in [-0.2, -0.15) is 8.42 Å². The third-order valence-electron chi connectivity index (χ3n) is 1.61. The molecule has 1 aliphatic heterocycles. The van der Waals surface area contributed by atoms with Crippen LogP contribution in [-0.4, -0.2) is 49.6 Å². The summed E-state index contributed by atoms with van der Waals surface area (Å²) in [4.78, 5) is 5.90. The van der Waals surface area contributed by atoms with Crippen molar-refractivity contribution in [3.63, 3.8) is 0 Å². The van der Waals surface area contributed by atoms with Gasteiger partial charge in [-0.05, 0) is 6.42 Å². The topological polar surface area (TPSA) is 70.0 Å². The van der Waals surface area contributed by atoms with Gasteiger partial charge < -0.3 is 4.90 Å². The molecular formula is C6H12N2O3S. The summed E-state index contributed by atoms with van der Waals surface area (Å²) in [6, 6.07) is 0.